The second-order valence-electron chi connectivity index (χ2n) is 5.96. The fraction of sp³-hybridized carbons (Fsp3) is 0.923. The summed E-state index contributed by atoms with van der Waals surface area (Å²) < 4.78 is 18.5. The zero-order valence-electron chi connectivity index (χ0n) is 11.0. The molecule has 0 unspecified atom stereocenters. The van der Waals surface area contributed by atoms with Crippen LogP contribution < -0.4 is 0 Å². The molecule has 2 saturated carbocycles. The maximum absolute atomic E-state index is 6.05. The Balaban J connectivity index is 1.62. The maximum atomic E-state index is 6.05. The molecule has 0 amide bonds. The van der Waals surface area contributed by atoms with E-state index >= 15 is 0 Å². The van der Waals surface area contributed by atoms with Crippen molar-refractivity contribution in [2.75, 3.05) is 6.26 Å². The highest BCUT2D eigenvalue weighted by Gasteiger charge is 2.56. The summed E-state index contributed by atoms with van der Waals surface area (Å²) in [6, 6.07) is 0. The molecule has 0 aromatic rings. The lowest BCUT2D eigenvalue weighted by molar-refractivity contribution is -0.158. The van der Waals surface area contributed by atoms with Gasteiger partial charge in [0.1, 0.15) is 6.10 Å². The van der Waals surface area contributed by atoms with E-state index in [1.54, 1.807) is 0 Å². The van der Waals surface area contributed by atoms with Gasteiger partial charge in [0, 0.05) is 0 Å². The van der Waals surface area contributed by atoms with Crippen molar-refractivity contribution < 1.29 is 14.2 Å². The molecule has 0 aromatic carbocycles. The number of hydrogen-bond donors (Lipinski definition) is 0. The second kappa shape index (κ2) is 4.62. The van der Waals surface area contributed by atoms with Gasteiger partial charge >= 0.3 is 0 Å². The van der Waals surface area contributed by atoms with Gasteiger partial charge in [0.2, 0.25) is 4.38 Å². The molecular formula is C13H20O3S2. The standard InChI is InChI=1S/C13H20O3S2/c1-13(2)15-10-5-7-4-8(14-12(17)18-3)6-9(7)11(10)16-13/h7-11H,4-6H2,1-3H3/t7-,8-,9-,10+,11-/m1/s1. The molecule has 5 heteroatoms. The van der Waals surface area contributed by atoms with Crippen LogP contribution in [0.5, 0.6) is 0 Å². The van der Waals surface area contributed by atoms with Gasteiger partial charge in [-0.05, 0) is 63.4 Å². The Labute approximate surface area is 118 Å². The number of hydrogen-bond acceptors (Lipinski definition) is 5. The Morgan fingerprint density at radius 3 is 2.78 bits per heavy atom. The van der Waals surface area contributed by atoms with Gasteiger partial charge in [-0.15, -0.1) is 0 Å². The minimum Gasteiger partial charge on any atom is -0.475 e. The van der Waals surface area contributed by atoms with Crippen LogP contribution in [0.3, 0.4) is 0 Å². The van der Waals surface area contributed by atoms with Crippen LogP contribution in [0, 0.1) is 11.8 Å². The maximum Gasteiger partial charge on any atom is 0.219 e. The summed E-state index contributed by atoms with van der Waals surface area (Å²) in [6.07, 6.45) is 6.09. The van der Waals surface area contributed by atoms with Gasteiger partial charge in [-0.1, -0.05) is 11.8 Å². The largest absolute Gasteiger partial charge is 0.475 e. The molecule has 0 radical (unpaired) electrons. The van der Waals surface area contributed by atoms with Gasteiger partial charge < -0.3 is 14.2 Å². The van der Waals surface area contributed by atoms with Crippen LogP contribution in [0.1, 0.15) is 33.1 Å². The van der Waals surface area contributed by atoms with E-state index in [2.05, 4.69) is 0 Å². The molecular weight excluding hydrogens is 268 g/mol. The SMILES string of the molecule is CSC(=S)O[C@@H]1C[C@@H]2C[C@@H]3OC(C)(C)O[C@@H]3[C@@H]2C1. The monoisotopic (exact) mass is 288 g/mol. The third-order valence-electron chi connectivity index (χ3n) is 4.31. The zero-order chi connectivity index (χ0) is 12.9. The summed E-state index contributed by atoms with van der Waals surface area (Å²) in [6.45, 7) is 4.01. The molecule has 102 valence electrons. The van der Waals surface area contributed by atoms with E-state index in [0.717, 1.165) is 19.3 Å². The smallest absolute Gasteiger partial charge is 0.219 e. The van der Waals surface area contributed by atoms with E-state index in [9.17, 15) is 0 Å². The number of fused-ring (bicyclic) bond motifs is 3. The fourth-order valence-electron chi connectivity index (χ4n) is 3.77. The first-order valence-corrected chi connectivity index (χ1v) is 8.22. The lowest BCUT2D eigenvalue weighted by Crippen LogP contribution is -2.26. The molecule has 3 nitrogen and oxygen atoms in total. The molecule has 3 fully saturated rings. The first-order valence-electron chi connectivity index (χ1n) is 6.59. The number of thioether (sulfide) groups is 1. The summed E-state index contributed by atoms with van der Waals surface area (Å²) in [5.41, 5.74) is 0. The summed E-state index contributed by atoms with van der Waals surface area (Å²) in [4.78, 5) is 0. The van der Waals surface area contributed by atoms with Gasteiger partial charge in [-0.25, -0.2) is 0 Å². The third kappa shape index (κ3) is 2.30. The van der Waals surface area contributed by atoms with Gasteiger partial charge in [0.05, 0.1) is 12.2 Å². The van der Waals surface area contributed by atoms with Crippen LogP contribution in [0.15, 0.2) is 0 Å². The predicted octanol–water partition coefficient (Wildman–Crippen LogP) is 2.97. The van der Waals surface area contributed by atoms with Crippen molar-refractivity contribution in [3.05, 3.63) is 0 Å². The van der Waals surface area contributed by atoms with E-state index < -0.39 is 5.79 Å². The van der Waals surface area contributed by atoms with Gasteiger partial charge in [-0.3, -0.25) is 0 Å². The number of thiocarbonyl (C=S) groups is 1. The second-order valence-corrected chi connectivity index (χ2v) is 7.37. The van der Waals surface area contributed by atoms with Gasteiger partial charge in [0.15, 0.2) is 5.79 Å². The first-order chi connectivity index (χ1) is 8.48. The summed E-state index contributed by atoms with van der Waals surface area (Å²) in [5, 5.41) is 0. The summed E-state index contributed by atoms with van der Waals surface area (Å²) in [7, 11) is 0. The predicted molar refractivity (Wildman–Crippen MR) is 75.6 cm³/mol. The van der Waals surface area contributed by atoms with Crippen molar-refractivity contribution in [1.29, 1.82) is 0 Å². The average Bonchev–Trinajstić information content (AvgIpc) is 2.86. The van der Waals surface area contributed by atoms with Crippen molar-refractivity contribution in [1.82, 2.24) is 0 Å². The van der Waals surface area contributed by atoms with E-state index in [4.69, 9.17) is 26.4 Å². The first kappa shape index (κ1) is 13.2. The summed E-state index contributed by atoms with van der Waals surface area (Å²) in [5.74, 6) is 0.866. The molecule has 0 aromatic heterocycles. The van der Waals surface area contributed by atoms with E-state index in [1.807, 2.05) is 20.1 Å². The number of ether oxygens (including phenoxy) is 3. The van der Waals surface area contributed by atoms with Crippen molar-refractivity contribution >= 4 is 28.4 Å². The van der Waals surface area contributed by atoms with Crippen molar-refractivity contribution in [3.8, 4) is 0 Å². The molecule has 3 rings (SSSR count). The van der Waals surface area contributed by atoms with E-state index in [-0.39, 0.29) is 12.2 Å². The molecule has 1 heterocycles. The molecule has 0 N–H and O–H groups in total. The molecule has 0 bridgehead atoms. The highest BCUT2D eigenvalue weighted by Crippen LogP contribution is 2.52. The van der Waals surface area contributed by atoms with Crippen LogP contribution in [-0.4, -0.2) is 34.7 Å². The van der Waals surface area contributed by atoms with Crippen LogP contribution in [0.25, 0.3) is 0 Å². The molecule has 3 aliphatic rings. The zero-order valence-corrected chi connectivity index (χ0v) is 12.7. The van der Waals surface area contributed by atoms with Crippen molar-refractivity contribution in [2.45, 2.75) is 57.2 Å². The highest BCUT2D eigenvalue weighted by atomic mass is 32.2. The molecule has 5 atom stereocenters. The quantitative estimate of drug-likeness (QED) is 0.692. The molecule has 0 spiro atoms. The number of rotatable bonds is 1. The topological polar surface area (TPSA) is 27.7 Å². The van der Waals surface area contributed by atoms with Crippen molar-refractivity contribution in [3.63, 3.8) is 0 Å². The Hall–Kier alpha value is 0.160. The lowest BCUT2D eigenvalue weighted by Gasteiger charge is -2.21. The third-order valence-corrected chi connectivity index (χ3v) is 5.34. The Kier molecular flexibility index (Phi) is 3.37. The molecule has 1 saturated heterocycles. The van der Waals surface area contributed by atoms with Crippen LogP contribution >= 0.6 is 24.0 Å². The summed E-state index contributed by atoms with van der Waals surface area (Å²) >= 11 is 6.65. The minimum absolute atomic E-state index is 0.265. The lowest BCUT2D eigenvalue weighted by atomic mass is 9.99. The van der Waals surface area contributed by atoms with Crippen LogP contribution in [0.2, 0.25) is 0 Å². The van der Waals surface area contributed by atoms with Gasteiger partial charge in [-0.2, -0.15) is 0 Å². The molecule has 1 aliphatic heterocycles. The van der Waals surface area contributed by atoms with Gasteiger partial charge in [0.25, 0.3) is 0 Å². The Bertz CT molecular complexity index is 358. The normalized spacial score (nSPS) is 44.7. The molecule has 18 heavy (non-hydrogen) atoms. The minimum atomic E-state index is -0.409. The van der Waals surface area contributed by atoms with Crippen LogP contribution in [-0.2, 0) is 14.2 Å². The Morgan fingerprint density at radius 1 is 1.28 bits per heavy atom. The van der Waals surface area contributed by atoms with Crippen molar-refractivity contribution in [2.24, 2.45) is 11.8 Å². The highest BCUT2D eigenvalue weighted by molar-refractivity contribution is 8.22. The average molecular weight is 288 g/mol. The van der Waals surface area contributed by atoms with E-state index in [0.29, 0.717) is 22.3 Å². The van der Waals surface area contributed by atoms with E-state index in [1.165, 1.54) is 11.8 Å². The fourth-order valence-corrected chi connectivity index (χ4v) is 4.13. The Morgan fingerprint density at radius 2 is 2.06 bits per heavy atom. The molecule has 2 aliphatic carbocycles. The van der Waals surface area contributed by atoms with Crippen LogP contribution in [0.4, 0.5) is 0 Å².